The molecule has 146 valence electrons. The first-order valence-corrected chi connectivity index (χ1v) is 10.2. The van der Waals surface area contributed by atoms with Crippen molar-refractivity contribution in [3.8, 4) is 0 Å². The molecule has 0 aliphatic carbocycles. The zero-order chi connectivity index (χ0) is 20.4. The first-order chi connectivity index (χ1) is 13.1. The number of hydrogen-bond donors (Lipinski definition) is 1. The monoisotopic (exact) mass is 406 g/mol. The molecule has 1 atom stereocenters. The third-order valence-electron chi connectivity index (χ3n) is 4.08. The van der Waals surface area contributed by atoms with Gasteiger partial charge in [0.25, 0.3) is 0 Å². The van der Waals surface area contributed by atoms with Gasteiger partial charge in [0, 0.05) is 6.26 Å². The van der Waals surface area contributed by atoms with E-state index in [2.05, 4.69) is 10.3 Å². The molecule has 0 fully saturated rings. The van der Waals surface area contributed by atoms with Crippen LogP contribution in [0.15, 0.2) is 77.7 Å². The third kappa shape index (κ3) is 4.69. The van der Waals surface area contributed by atoms with E-state index in [9.17, 15) is 21.6 Å². The molecule has 0 saturated heterocycles. The van der Waals surface area contributed by atoms with Crippen LogP contribution in [0.5, 0.6) is 0 Å². The maximum Gasteiger partial charge on any atom is 0.433 e. The van der Waals surface area contributed by atoms with Gasteiger partial charge in [-0.25, -0.2) is 13.4 Å². The predicted molar refractivity (Wildman–Crippen MR) is 101 cm³/mol. The molecule has 0 spiro atoms. The Bertz CT molecular complexity index is 1070. The number of nitrogens with one attached hydrogen (secondary N) is 1. The minimum atomic E-state index is -4.56. The van der Waals surface area contributed by atoms with E-state index in [1.807, 2.05) is 6.07 Å². The van der Waals surface area contributed by atoms with Gasteiger partial charge in [-0.3, -0.25) is 0 Å². The van der Waals surface area contributed by atoms with E-state index in [4.69, 9.17) is 0 Å². The SMILES string of the molecule is CS(=O)(=O)c1cccc(C(Nc2cccc(C(F)(F)F)n2)c2ccccc2)c1. The summed E-state index contributed by atoms with van der Waals surface area (Å²) in [6, 6.07) is 18.3. The second-order valence-corrected chi connectivity index (χ2v) is 8.25. The average molecular weight is 406 g/mol. The van der Waals surface area contributed by atoms with Gasteiger partial charge in [0.15, 0.2) is 9.84 Å². The third-order valence-corrected chi connectivity index (χ3v) is 5.19. The molecule has 0 radical (unpaired) electrons. The summed E-state index contributed by atoms with van der Waals surface area (Å²) in [5.41, 5.74) is 0.342. The Labute approximate surface area is 161 Å². The Morgan fingerprint density at radius 1 is 0.893 bits per heavy atom. The molecule has 0 bridgehead atoms. The molecule has 28 heavy (non-hydrogen) atoms. The Morgan fingerprint density at radius 3 is 2.18 bits per heavy atom. The van der Waals surface area contributed by atoms with E-state index in [0.29, 0.717) is 5.56 Å². The molecule has 4 nitrogen and oxygen atoms in total. The van der Waals surface area contributed by atoms with Crippen LogP contribution in [0.2, 0.25) is 0 Å². The Balaban J connectivity index is 2.05. The van der Waals surface area contributed by atoms with Gasteiger partial charge in [0.05, 0.1) is 10.9 Å². The second-order valence-electron chi connectivity index (χ2n) is 6.24. The summed E-state index contributed by atoms with van der Waals surface area (Å²) in [5, 5.41) is 3.00. The summed E-state index contributed by atoms with van der Waals surface area (Å²) < 4.78 is 62.7. The molecule has 1 aromatic heterocycles. The molecule has 0 aliphatic rings. The minimum absolute atomic E-state index is 0.0356. The lowest BCUT2D eigenvalue weighted by Crippen LogP contribution is -2.16. The van der Waals surface area contributed by atoms with E-state index in [0.717, 1.165) is 17.9 Å². The highest BCUT2D eigenvalue weighted by atomic mass is 32.2. The van der Waals surface area contributed by atoms with Crippen molar-refractivity contribution in [1.29, 1.82) is 0 Å². The van der Waals surface area contributed by atoms with Crippen molar-refractivity contribution in [3.05, 3.63) is 89.6 Å². The number of hydrogen-bond acceptors (Lipinski definition) is 4. The van der Waals surface area contributed by atoms with Gasteiger partial charge >= 0.3 is 6.18 Å². The van der Waals surface area contributed by atoms with Gasteiger partial charge in [0.1, 0.15) is 11.5 Å². The number of pyridine rings is 1. The molecule has 1 heterocycles. The van der Waals surface area contributed by atoms with Crippen LogP contribution in [0.25, 0.3) is 0 Å². The molecule has 8 heteroatoms. The largest absolute Gasteiger partial charge is 0.433 e. The summed E-state index contributed by atoms with van der Waals surface area (Å²) in [6.07, 6.45) is -3.46. The highest BCUT2D eigenvalue weighted by molar-refractivity contribution is 7.90. The molecule has 1 unspecified atom stereocenters. The van der Waals surface area contributed by atoms with Crippen LogP contribution >= 0.6 is 0 Å². The number of sulfone groups is 1. The van der Waals surface area contributed by atoms with Crippen molar-refractivity contribution < 1.29 is 21.6 Å². The lowest BCUT2D eigenvalue weighted by Gasteiger charge is -2.21. The zero-order valence-electron chi connectivity index (χ0n) is 14.8. The fourth-order valence-corrected chi connectivity index (χ4v) is 3.43. The van der Waals surface area contributed by atoms with Crippen LogP contribution in [0.1, 0.15) is 22.9 Å². The summed E-state index contributed by atoms with van der Waals surface area (Å²) >= 11 is 0. The minimum Gasteiger partial charge on any atom is -0.359 e. The number of anilines is 1. The van der Waals surface area contributed by atoms with Crippen molar-refractivity contribution in [2.75, 3.05) is 11.6 Å². The van der Waals surface area contributed by atoms with Crippen molar-refractivity contribution in [2.45, 2.75) is 17.1 Å². The molecule has 0 saturated carbocycles. The Morgan fingerprint density at radius 2 is 1.54 bits per heavy atom. The fraction of sp³-hybridized carbons (Fsp3) is 0.150. The summed E-state index contributed by atoms with van der Waals surface area (Å²) in [7, 11) is -3.43. The van der Waals surface area contributed by atoms with E-state index >= 15 is 0 Å². The van der Waals surface area contributed by atoms with Crippen molar-refractivity contribution in [3.63, 3.8) is 0 Å². The summed E-state index contributed by atoms with van der Waals surface area (Å²) in [5.74, 6) is 0.0356. The lowest BCUT2D eigenvalue weighted by atomic mass is 9.98. The number of alkyl halides is 3. The van der Waals surface area contributed by atoms with Gasteiger partial charge in [-0.05, 0) is 35.4 Å². The predicted octanol–water partition coefficient (Wildman–Crippen LogP) is 4.71. The van der Waals surface area contributed by atoms with E-state index in [-0.39, 0.29) is 10.7 Å². The van der Waals surface area contributed by atoms with E-state index < -0.39 is 27.7 Å². The number of halogens is 3. The average Bonchev–Trinajstić information content (AvgIpc) is 2.66. The van der Waals surface area contributed by atoms with Gasteiger partial charge < -0.3 is 5.32 Å². The number of aromatic nitrogens is 1. The van der Waals surface area contributed by atoms with Gasteiger partial charge in [-0.15, -0.1) is 0 Å². The first kappa shape index (κ1) is 19.9. The Hall–Kier alpha value is -2.87. The van der Waals surface area contributed by atoms with Crippen LogP contribution in [0.3, 0.4) is 0 Å². The smallest absolute Gasteiger partial charge is 0.359 e. The number of nitrogens with zero attached hydrogens (tertiary/aromatic N) is 1. The zero-order valence-corrected chi connectivity index (χ0v) is 15.6. The normalized spacial score (nSPS) is 13.1. The van der Waals surface area contributed by atoms with Crippen LogP contribution in [-0.4, -0.2) is 19.7 Å². The van der Waals surface area contributed by atoms with Crippen LogP contribution in [0.4, 0.5) is 19.0 Å². The standard InChI is InChI=1S/C20H17F3N2O2S/c1-28(26,27)16-10-5-9-15(13-16)19(14-7-3-2-4-8-14)25-18-12-6-11-17(24-18)20(21,22)23/h2-13,19H,1H3,(H,24,25). The molecule has 3 rings (SSSR count). The van der Waals surface area contributed by atoms with Crippen molar-refractivity contribution >= 4 is 15.7 Å². The number of rotatable bonds is 5. The highest BCUT2D eigenvalue weighted by Gasteiger charge is 2.32. The Kier molecular flexibility index (Phi) is 5.42. The molecule has 3 aromatic rings. The highest BCUT2D eigenvalue weighted by Crippen LogP contribution is 2.31. The molecule has 0 aliphatic heterocycles. The fourth-order valence-electron chi connectivity index (χ4n) is 2.75. The number of benzene rings is 2. The van der Waals surface area contributed by atoms with E-state index in [1.165, 1.54) is 24.3 Å². The summed E-state index contributed by atoms with van der Waals surface area (Å²) in [6.45, 7) is 0. The van der Waals surface area contributed by atoms with Crippen molar-refractivity contribution in [1.82, 2.24) is 4.98 Å². The quantitative estimate of drug-likeness (QED) is 0.667. The van der Waals surface area contributed by atoms with Gasteiger partial charge in [-0.1, -0.05) is 48.5 Å². The molecular weight excluding hydrogens is 389 g/mol. The van der Waals surface area contributed by atoms with Crippen LogP contribution in [0, 0.1) is 0 Å². The van der Waals surface area contributed by atoms with Crippen LogP contribution in [-0.2, 0) is 16.0 Å². The maximum absolute atomic E-state index is 13.0. The molecule has 2 aromatic carbocycles. The lowest BCUT2D eigenvalue weighted by molar-refractivity contribution is -0.141. The molecule has 1 N–H and O–H groups in total. The first-order valence-electron chi connectivity index (χ1n) is 8.30. The molecule has 0 amide bonds. The van der Waals surface area contributed by atoms with Crippen LogP contribution < -0.4 is 5.32 Å². The van der Waals surface area contributed by atoms with Gasteiger partial charge in [0.2, 0.25) is 0 Å². The van der Waals surface area contributed by atoms with E-state index in [1.54, 1.807) is 36.4 Å². The summed E-state index contributed by atoms with van der Waals surface area (Å²) in [4.78, 5) is 3.78. The van der Waals surface area contributed by atoms with Gasteiger partial charge in [-0.2, -0.15) is 13.2 Å². The molecular formula is C20H17F3N2O2S. The second kappa shape index (κ2) is 7.63. The maximum atomic E-state index is 13.0. The topological polar surface area (TPSA) is 59.1 Å². The van der Waals surface area contributed by atoms with Crippen molar-refractivity contribution in [2.24, 2.45) is 0 Å².